The van der Waals surface area contributed by atoms with Crippen LogP contribution in [0.1, 0.15) is 24.1 Å². The molecule has 2 aromatic rings. The summed E-state index contributed by atoms with van der Waals surface area (Å²) in [5.41, 5.74) is 9.49. The maximum Gasteiger partial charge on any atom is 0.0437 e. The Morgan fingerprint density at radius 1 is 1.10 bits per heavy atom. The van der Waals surface area contributed by atoms with E-state index in [2.05, 4.69) is 80.2 Å². The first-order valence-corrected chi connectivity index (χ1v) is 8.07. The number of benzene rings is 2. The van der Waals surface area contributed by atoms with Gasteiger partial charge in [0.15, 0.2) is 0 Å². The van der Waals surface area contributed by atoms with Crippen molar-refractivity contribution in [1.82, 2.24) is 0 Å². The lowest BCUT2D eigenvalue weighted by Gasteiger charge is -2.21. The molecule has 0 bridgehead atoms. The Hall–Kier alpha value is -0.840. The number of rotatable bonds is 4. The highest BCUT2D eigenvalue weighted by Gasteiger charge is 2.09. The number of nitrogens with two attached hydrogens (primary N) is 1. The van der Waals surface area contributed by atoms with Crippen molar-refractivity contribution in [2.75, 3.05) is 11.9 Å². The zero-order valence-corrected chi connectivity index (χ0v) is 14.8. The molecule has 2 nitrogen and oxygen atoms in total. The Kier molecular flexibility index (Phi) is 5.24. The molecular weight excluding hydrogens is 380 g/mol. The van der Waals surface area contributed by atoms with Crippen molar-refractivity contribution in [3.63, 3.8) is 0 Å². The third kappa shape index (κ3) is 3.62. The van der Waals surface area contributed by atoms with Gasteiger partial charge in [0.05, 0.1) is 0 Å². The molecular formula is C16H18Br2N2. The smallest absolute Gasteiger partial charge is 0.0437 e. The molecule has 0 amide bonds. The lowest BCUT2D eigenvalue weighted by atomic mass is 10.1. The Bertz CT molecular complexity index is 597. The van der Waals surface area contributed by atoms with Gasteiger partial charge >= 0.3 is 0 Å². The van der Waals surface area contributed by atoms with E-state index in [4.69, 9.17) is 5.73 Å². The molecule has 0 fully saturated rings. The van der Waals surface area contributed by atoms with E-state index in [1.54, 1.807) is 0 Å². The minimum atomic E-state index is 0.0343. The van der Waals surface area contributed by atoms with Gasteiger partial charge in [0, 0.05) is 34.3 Å². The van der Waals surface area contributed by atoms with E-state index < -0.39 is 0 Å². The van der Waals surface area contributed by atoms with E-state index in [9.17, 15) is 0 Å². The highest BCUT2D eigenvalue weighted by atomic mass is 79.9. The quantitative estimate of drug-likeness (QED) is 0.797. The summed E-state index contributed by atoms with van der Waals surface area (Å²) in [6.45, 7) is 2.84. The second-order valence-electron chi connectivity index (χ2n) is 4.94. The molecule has 1 unspecified atom stereocenters. The van der Waals surface area contributed by atoms with Gasteiger partial charge in [-0.3, -0.25) is 0 Å². The first-order chi connectivity index (χ1) is 9.49. The molecule has 2 N–H and O–H groups in total. The summed E-state index contributed by atoms with van der Waals surface area (Å²) in [5.74, 6) is 0. The molecule has 2 rings (SSSR count). The van der Waals surface area contributed by atoms with Crippen LogP contribution in [-0.2, 0) is 6.54 Å². The lowest BCUT2D eigenvalue weighted by molar-refractivity contribution is 0.811. The maximum atomic E-state index is 5.93. The molecule has 0 radical (unpaired) electrons. The molecule has 20 heavy (non-hydrogen) atoms. The largest absolute Gasteiger partial charge is 0.370 e. The minimum absolute atomic E-state index is 0.0343. The summed E-state index contributed by atoms with van der Waals surface area (Å²) >= 11 is 7.19. The molecule has 0 aliphatic carbocycles. The first kappa shape index (κ1) is 15.5. The van der Waals surface area contributed by atoms with E-state index in [1.807, 2.05) is 13.0 Å². The van der Waals surface area contributed by atoms with Crippen molar-refractivity contribution in [3.05, 3.63) is 62.5 Å². The Morgan fingerprint density at radius 3 is 2.40 bits per heavy atom. The average molecular weight is 398 g/mol. The molecule has 0 aromatic heterocycles. The molecule has 0 aliphatic rings. The summed E-state index contributed by atoms with van der Waals surface area (Å²) in [7, 11) is 2.09. The second kappa shape index (κ2) is 6.74. The van der Waals surface area contributed by atoms with E-state index in [-0.39, 0.29) is 6.04 Å². The fourth-order valence-electron chi connectivity index (χ4n) is 2.10. The van der Waals surface area contributed by atoms with Crippen LogP contribution in [0.25, 0.3) is 0 Å². The van der Waals surface area contributed by atoms with Gasteiger partial charge in [-0.25, -0.2) is 0 Å². The van der Waals surface area contributed by atoms with Crippen LogP contribution in [0.3, 0.4) is 0 Å². The molecule has 2 aromatic carbocycles. The topological polar surface area (TPSA) is 29.3 Å². The van der Waals surface area contributed by atoms with Crippen molar-refractivity contribution in [1.29, 1.82) is 0 Å². The van der Waals surface area contributed by atoms with Gasteiger partial charge in [-0.1, -0.05) is 56.1 Å². The van der Waals surface area contributed by atoms with Crippen LogP contribution < -0.4 is 10.6 Å². The minimum Gasteiger partial charge on any atom is -0.370 e. The number of halogens is 2. The summed E-state index contributed by atoms with van der Waals surface area (Å²) in [6, 6.07) is 14.6. The number of hydrogen-bond acceptors (Lipinski definition) is 2. The zero-order chi connectivity index (χ0) is 14.7. The van der Waals surface area contributed by atoms with Gasteiger partial charge in [-0.05, 0) is 36.2 Å². The monoisotopic (exact) mass is 396 g/mol. The van der Waals surface area contributed by atoms with Crippen LogP contribution in [0.4, 0.5) is 5.69 Å². The summed E-state index contributed by atoms with van der Waals surface area (Å²) in [4.78, 5) is 2.22. The maximum absolute atomic E-state index is 5.93. The fraction of sp³-hybridized carbons (Fsp3) is 0.250. The van der Waals surface area contributed by atoms with Gasteiger partial charge in [0.1, 0.15) is 0 Å². The van der Waals surface area contributed by atoms with Crippen molar-refractivity contribution in [2.45, 2.75) is 19.5 Å². The zero-order valence-electron chi connectivity index (χ0n) is 11.6. The van der Waals surface area contributed by atoms with Gasteiger partial charge in [0.25, 0.3) is 0 Å². The van der Waals surface area contributed by atoms with Gasteiger partial charge in [-0.15, -0.1) is 0 Å². The van der Waals surface area contributed by atoms with Crippen molar-refractivity contribution in [2.24, 2.45) is 5.73 Å². The van der Waals surface area contributed by atoms with Crippen LogP contribution in [-0.4, -0.2) is 7.05 Å². The molecule has 4 heteroatoms. The third-order valence-corrected chi connectivity index (χ3v) is 4.74. The van der Waals surface area contributed by atoms with E-state index >= 15 is 0 Å². The van der Waals surface area contributed by atoms with Crippen LogP contribution >= 0.6 is 31.9 Å². The first-order valence-electron chi connectivity index (χ1n) is 6.48. The van der Waals surface area contributed by atoms with Crippen LogP contribution in [0.5, 0.6) is 0 Å². The summed E-state index contributed by atoms with van der Waals surface area (Å²) in [6.07, 6.45) is 0. The van der Waals surface area contributed by atoms with Crippen molar-refractivity contribution >= 4 is 37.5 Å². The highest BCUT2D eigenvalue weighted by molar-refractivity contribution is 9.10. The molecule has 0 saturated heterocycles. The SMILES string of the molecule is CC(N)c1ccc(N(C)Cc2ccccc2Br)cc1Br. The van der Waals surface area contributed by atoms with Crippen LogP contribution in [0, 0.1) is 0 Å². The Balaban J connectivity index is 2.20. The van der Waals surface area contributed by atoms with Gasteiger partial charge < -0.3 is 10.6 Å². The van der Waals surface area contributed by atoms with Crippen LogP contribution in [0.2, 0.25) is 0 Å². The number of anilines is 1. The normalized spacial score (nSPS) is 12.2. The van der Waals surface area contributed by atoms with Crippen LogP contribution in [0.15, 0.2) is 51.4 Å². The average Bonchev–Trinajstić information content (AvgIpc) is 2.40. The molecule has 106 valence electrons. The van der Waals surface area contributed by atoms with E-state index in [0.29, 0.717) is 0 Å². The second-order valence-corrected chi connectivity index (χ2v) is 6.65. The summed E-state index contributed by atoms with van der Waals surface area (Å²) in [5, 5.41) is 0. The fourth-order valence-corrected chi connectivity index (χ4v) is 3.23. The van der Waals surface area contributed by atoms with Gasteiger partial charge in [-0.2, -0.15) is 0 Å². The van der Waals surface area contributed by atoms with E-state index in [0.717, 1.165) is 26.7 Å². The van der Waals surface area contributed by atoms with E-state index in [1.165, 1.54) is 5.56 Å². The molecule has 0 aliphatic heterocycles. The number of nitrogens with zero attached hydrogens (tertiary/aromatic N) is 1. The standard InChI is InChI=1S/C16H18Br2N2/c1-11(19)14-8-7-13(9-16(14)18)20(2)10-12-5-3-4-6-15(12)17/h3-9,11H,10,19H2,1-2H3. The molecule has 0 spiro atoms. The summed E-state index contributed by atoms with van der Waals surface area (Å²) < 4.78 is 2.20. The lowest BCUT2D eigenvalue weighted by Crippen LogP contribution is -2.17. The predicted molar refractivity (Wildman–Crippen MR) is 93.0 cm³/mol. The molecule has 0 heterocycles. The van der Waals surface area contributed by atoms with Crippen molar-refractivity contribution < 1.29 is 0 Å². The Labute approximate surface area is 137 Å². The Morgan fingerprint density at radius 2 is 1.80 bits per heavy atom. The molecule has 1 atom stereocenters. The third-order valence-electron chi connectivity index (χ3n) is 3.28. The highest BCUT2D eigenvalue weighted by Crippen LogP contribution is 2.28. The predicted octanol–water partition coefficient (Wildman–Crippen LogP) is 4.87. The molecule has 0 saturated carbocycles. The number of hydrogen-bond donors (Lipinski definition) is 1. The van der Waals surface area contributed by atoms with Crippen molar-refractivity contribution in [3.8, 4) is 0 Å². The van der Waals surface area contributed by atoms with Gasteiger partial charge in [0.2, 0.25) is 0 Å².